The van der Waals surface area contributed by atoms with Crippen molar-refractivity contribution < 1.29 is 13.2 Å². The average Bonchev–Trinajstić information content (AvgIpc) is 3.14. The molecule has 1 fully saturated rings. The van der Waals surface area contributed by atoms with E-state index < -0.39 is 10.0 Å². The van der Waals surface area contributed by atoms with Crippen LogP contribution in [0.4, 0.5) is 5.69 Å². The number of aromatic nitrogens is 1. The molecule has 0 N–H and O–H groups in total. The van der Waals surface area contributed by atoms with Crippen LogP contribution in [-0.4, -0.2) is 57.6 Å². The lowest BCUT2D eigenvalue weighted by Crippen LogP contribution is -2.44. The highest BCUT2D eigenvalue weighted by atomic mass is 32.2. The molecule has 1 saturated heterocycles. The molecule has 1 aliphatic rings. The van der Waals surface area contributed by atoms with Crippen molar-refractivity contribution in [2.75, 3.05) is 45.2 Å². The summed E-state index contributed by atoms with van der Waals surface area (Å²) in [6, 6.07) is 14.2. The van der Waals surface area contributed by atoms with Crippen molar-refractivity contribution in [2.45, 2.75) is 4.90 Å². The Bertz CT molecular complexity index is 1050. The highest BCUT2D eigenvalue weighted by Gasteiger charge is 2.22. The van der Waals surface area contributed by atoms with Gasteiger partial charge in [-0.3, -0.25) is 0 Å². The van der Waals surface area contributed by atoms with E-state index in [0.29, 0.717) is 11.3 Å². The normalized spacial score (nSPS) is 16.0. The maximum Gasteiger partial charge on any atom is 0.268 e. The Morgan fingerprint density at radius 2 is 1.63 bits per heavy atom. The second-order valence-electron chi connectivity index (χ2n) is 6.79. The van der Waals surface area contributed by atoms with Crippen LogP contribution in [0.3, 0.4) is 0 Å². The molecule has 142 valence electrons. The minimum atomic E-state index is -3.67. The second-order valence-corrected chi connectivity index (χ2v) is 8.61. The Morgan fingerprint density at radius 3 is 2.30 bits per heavy atom. The molecule has 0 amide bonds. The molecule has 7 heteroatoms. The van der Waals surface area contributed by atoms with Crippen molar-refractivity contribution in [3.63, 3.8) is 0 Å². The van der Waals surface area contributed by atoms with Crippen molar-refractivity contribution in [1.29, 1.82) is 0 Å². The highest BCUT2D eigenvalue weighted by molar-refractivity contribution is 7.90. The molecule has 0 aliphatic carbocycles. The maximum absolute atomic E-state index is 13.1. The van der Waals surface area contributed by atoms with Gasteiger partial charge in [0.1, 0.15) is 5.75 Å². The molecular weight excluding hydrogens is 362 g/mol. The van der Waals surface area contributed by atoms with Gasteiger partial charge in [-0.15, -0.1) is 0 Å². The van der Waals surface area contributed by atoms with Crippen LogP contribution in [0.2, 0.25) is 0 Å². The van der Waals surface area contributed by atoms with Crippen LogP contribution in [0.15, 0.2) is 59.6 Å². The highest BCUT2D eigenvalue weighted by Crippen LogP contribution is 2.31. The first-order valence-corrected chi connectivity index (χ1v) is 10.4. The van der Waals surface area contributed by atoms with Crippen LogP contribution in [-0.2, 0) is 10.0 Å². The summed E-state index contributed by atoms with van der Waals surface area (Å²) >= 11 is 0. The number of hydrogen-bond donors (Lipinski definition) is 0. The molecule has 0 spiro atoms. The van der Waals surface area contributed by atoms with E-state index in [0.717, 1.165) is 37.3 Å². The van der Waals surface area contributed by atoms with Gasteiger partial charge in [-0.05, 0) is 49.5 Å². The molecule has 0 atom stereocenters. The molecule has 4 rings (SSSR count). The largest absolute Gasteiger partial charge is 0.497 e. The Labute approximate surface area is 159 Å². The van der Waals surface area contributed by atoms with Gasteiger partial charge in [0.05, 0.1) is 17.5 Å². The Hall–Kier alpha value is -2.51. The van der Waals surface area contributed by atoms with Gasteiger partial charge in [0.2, 0.25) is 0 Å². The minimum absolute atomic E-state index is 0.241. The third-order valence-corrected chi connectivity index (χ3v) is 6.84. The first-order valence-electron chi connectivity index (χ1n) is 8.94. The van der Waals surface area contributed by atoms with Gasteiger partial charge in [0.15, 0.2) is 0 Å². The molecule has 2 aromatic carbocycles. The zero-order valence-electron chi connectivity index (χ0n) is 15.5. The van der Waals surface area contributed by atoms with E-state index in [1.54, 1.807) is 37.6 Å². The summed E-state index contributed by atoms with van der Waals surface area (Å²) < 4.78 is 32.8. The molecule has 3 aromatic rings. The summed E-state index contributed by atoms with van der Waals surface area (Å²) in [6.07, 6.45) is 1.64. The first-order chi connectivity index (χ1) is 13.0. The summed E-state index contributed by atoms with van der Waals surface area (Å²) in [5.41, 5.74) is 1.78. The van der Waals surface area contributed by atoms with E-state index >= 15 is 0 Å². The lowest BCUT2D eigenvalue weighted by molar-refractivity contribution is 0.313. The third kappa shape index (κ3) is 3.17. The topological polar surface area (TPSA) is 54.8 Å². The number of hydrogen-bond acceptors (Lipinski definition) is 5. The smallest absolute Gasteiger partial charge is 0.268 e. The van der Waals surface area contributed by atoms with Gasteiger partial charge in [-0.2, -0.15) is 0 Å². The lowest BCUT2D eigenvalue weighted by atomic mass is 10.2. The van der Waals surface area contributed by atoms with E-state index in [1.807, 2.05) is 18.2 Å². The van der Waals surface area contributed by atoms with E-state index in [2.05, 4.69) is 22.9 Å². The quantitative estimate of drug-likeness (QED) is 0.691. The fraction of sp³-hybridized carbons (Fsp3) is 0.300. The van der Waals surface area contributed by atoms with Crippen molar-refractivity contribution >= 4 is 26.6 Å². The molecule has 0 unspecified atom stereocenters. The Balaban J connectivity index is 1.76. The van der Waals surface area contributed by atoms with E-state index in [4.69, 9.17) is 4.74 Å². The standard InChI is InChI=1S/C20H23N3O3S/c1-21-12-14-22(15-13-21)19-4-3-5-20-18(19)10-11-23(20)27(24,25)17-8-6-16(26-2)7-9-17/h3-11H,12-15H2,1-2H3. The number of nitrogens with zero attached hydrogens (tertiary/aromatic N) is 3. The number of likely N-dealkylation sites (N-methyl/N-ethyl adjacent to an activating group) is 1. The Kier molecular flexibility index (Phi) is 4.57. The summed E-state index contributed by atoms with van der Waals surface area (Å²) in [7, 11) is 0.0101. The number of rotatable bonds is 4. The fourth-order valence-corrected chi connectivity index (χ4v) is 4.87. The predicted molar refractivity (Wildman–Crippen MR) is 107 cm³/mol. The number of ether oxygens (including phenoxy) is 1. The molecule has 0 saturated carbocycles. The zero-order chi connectivity index (χ0) is 19.0. The summed E-state index contributed by atoms with van der Waals surface area (Å²) in [4.78, 5) is 4.87. The van der Waals surface area contributed by atoms with Crippen LogP contribution in [0.1, 0.15) is 0 Å². The molecule has 1 aromatic heterocycles. The fourth-order valence-electron chi connectivity index (χ4n) is 3.52. The van der Waals surface area contributed by atoms with Gasteiger partial charge < -0.3 is 14.5 Å². The van der Waals surface area contributed by atoms with Crippen LogP contribution in [0.5, 0.6) is 5.75 Å². The monoisotopic (exact) mass is 385 g/mol. The van der Waals surface area contributed by atoms with Crippen LogP contribution in [0, 0.1) is 0 Å². The lowest BCUT2D eigenvalue weighted by Gasteiger charge is -2.34. The summed E-state index contributed by atoms with van der Waals surface area (Å²) in [5, 5.41) is 0.958. The van der Waals surface area contributed by atoms with Crippen molar-refractivity contribution in [3.05, 3.63) is 54.7 Å². The van der Waals surface area contributed by atoms with Crippen LogP contribution < -0.4 is 9.64 Å². The molecule has 2 heterocycles. The summed E-state index contributed by atoms with van der Waals surface area (Å²) in [5.74, 6) is 0.628. The van der Waals surface area contributed by atoms with Gasteiger partial charge in [0.25, 0.3) is 10.0 Å². The first kappa shape index (κ1) is 17.9. The molecule has 6 nitrogen and oxygen atoms in total. The SMILES string of the molecule is COc1ccc(S(=O)(=O)n2ccc3c(N4CCN(C)CC4)cccc32)cc1. The number of benzene rings is 2. The zero-order valence-corrected chi connectivity index (χ0v) is 16.3. The van der Waals surface area contributed by atoms with Crippen molar-refractivity contribution in [2.24, 2.45) is 0 Å². The van der Waals surface area contributed by atoms with Gasteiger partial charge in [-0.25, -0.2) is 12.4 Å². The minimum Gasteiger partial charge on any atom is -0.497 e. The van der Waals surface area contributed by atoms with Crippen LogP contribution >= 0.6 is 0 Å². The van der Waals surface area contributed by atoms with Gasteiger partial charge in [-0.1, -0.05) is 6.07 Å². The number of fused-ring (bicyclic) bond motifs is 1. The Morgan fingerprint density at radius 1 is 0.926 bits per heavy atom. The molecule has 0 bridgehead atoms. The van der Waals surface area contributed by atoms with E-state index in [1.165, 1.54) is 3.97 Å². The predicted octanol–water partition coefficient (Wildman–Crippen LogP) is 2.64. The van der Waals surface area contributed by atoms with Crippen molar-refractivity contribution in [3.8, 4) is 5.75 Å². The molecule has 27 heavy (non-hydrogen) atoms. The number of anilines is 1. The number of piperazine rings is 1. The second kappa shape index (κ2) is 6.90. The van der Waals surface area contributed by atoms with Gasteiger partial charge >= 0.3 is 0 Å². The maximum atomic E-state index is 13.1. The van der Waals surface area contributed by atoms with Crippen LogP contribution in [0.25, 0.3) is 10.9 Å². The molecular formula is C20H23N3O3S. The average molecular weight is 385 g/mol. The number of methoxy groups -OCH3 is 1. The van der Waals surface area contributed by atoms with Gasteiger partial charge in [0, 0.05) is 43.4 Å². The van der Waals surface area contributed by atoms with Crippen molar-refractivity contribution in [1.82, 2.24) is 8.87 Å². The van der Waals surface area contributed by atoms with E-state index in [9.17, 15) is 8.42 Å². The molecule has 1 aliphatic heterocycles. The third-order valence-electron chi connectivity index (χ3n) is 5.13. The summed E-state index contributed by atoms with van der Waals surface area (Å²) in [6.45, 7) is 3.88. The molecule has 0 radical (unpaired) electrons. The van der Waals surface area contributed by atoms with E-state index in [-0.39, 0.29) is 4.90 Å².